The number of rotatable bonds is 8. The molecule has 4 aliphatic rings. The molecule has 116 heavy (non-hydrogen) atoms. The molecule has 0 N–H and O–H groups in total. The van der Waals surface area contributed by atoms with Gasteiger partial charge in [0.15, 0.2) is 24.8 Å². The molecule has 568 valence electrons. The monoisotopic (exact) mass is 1500 g/mol. The van der Waals surface area contributed by atoms with Gasteiger partial charge in [-0.2, -0.15) is 0 Å². The van der Waals surface area contributed by atoms with Gasteiger partial charge < -0.3 is 0 Å². The van der Waals surface area contributed by atoms with Crippen LogP contribution in [0, 0.1) is 83.1 Å². The molecule has 16 aromatic rings. The van der Waals surface area contributed by atoms with Gasteiger partial charge in [-0.1, -0.05) is 231 Å². The fourth-order valence-corrected chi connectivity index (χ4v) is 19.0. The summed E-state index contributed by atoms with van der Waals surface area (Å²) in [6.45, 7) is 26.6. The van der Waals surface area contributed by atoms with Crippen molar-refractivity contribution in [2.45, 2.75) is 109 Å². The molecule has 0 amide bonds. The summed E-state index contributed by atoms with van der Waals surface area (Å²) in [5.74, 6) is 0. The van der Waals surface area contributed by atoms with Crippen molar-refractivity contribution in [2.75, 3.05) is 0 Å². The second-order valence-corrected chi connectivity index (χ2v) is 33.3. The molecule has 20 rings (SSSR count). The van der Waals surface area contributed by atoms with Crippen molar-refractivity contribution >= 4 is 0 Å². The van der Waals surface area contributed by atoms with Crippen LogP contribution in [0.5, 0.6) is 0 Å². The molecule has 4 heterocycles. The van der Waals surface area contributed by atoms with Crippen molar-refractivity contribution < 1.29 is 18.3 Å². The molecule has 4 aromatic heterocycles. The summed E-state index contributed by atoms with van der Waals surface area (Å²) < 4.78 is 9.13. The predicted octanol–water partition coefficient (Wildman–Crippen LogP) is 25.4. The van der Waals surface area contributed by atoms with Crippen LogP contribution < -0.4 is 18.3 Å². The van der Waals surface area contributed by atoms with Gasteiger partial charge >= 0.3 is 0 Å². The quantitative estimate of drug-likeness (QED) is 0.135. The third-order valence-corrected chi connectivity index (χ3v) is 25.5. The summed E-state index contributed by atoms with van der Waals surface area (Å²) in [6, 6.07) is 98.1. The highest BCUT2D eigenvalue weighted by atomic mass is 14.9. The highest BCUT2D eigenvalue weighted by Gasteiger charge is 2.34. The Morgan fingerprint density at radius 3 is 1.01 bits per heavy atom. The Morgan fingerprint density at radius 2 is 0.517 bits per heavy atom. The topological polar surface area (TPSA) is 15.5 Å². The van der Waals surface area contributed by atoms with Crippen LogP contribution in [-0.4, -0.2) is 0 Å². The van der Waals surface area contributed by atoms with Gasteiger partial charge in [-0.25, -0.2) is 18.3 Å². The van der Waals surface area contributed by atoms with Crippen molar-refractivity contribution in [1.29, 1.82) is 0 Å². The minimum atomic E-state index is 0.995. The minimum Gasteiger partial charge on any atom is -0.201 e. The van der Waals surface area contributed by atoms with Gasteiger partial charge in [-0.05, 0) is 299 Å². The van der Waals surface area contributed by atoms with Gasteiger partial charge in [-0.15, -0.1) is 0 Å². The number of benzene rings is 12. The van der Waals surface area contributed by atoms with Crippen LogP contribution in [0.1, 0.15) is 111 Å². The average molecular weight is 1510 g/mol. The van der Waals surface area contributed by atoms with Crippen molar-refractivity contribution in [2.24, 2.45) is 28.2 Å². The normalized spacial score (nSPS) is 12.0. The fourth-order valence-electron chi connectivity index (χ4n) is 19.0. The summed E-state index contributed by atoms with van der Waals surface area (Å²) >= 11 is 0. The maximum atomic E-state index is 2.39. The fraction of sp³-hybridized carbons (Fsp3) is 0.179. The molecular formula is C112H104N4+4. The lowest BCUT2D eigenvalue weighted by Gasteiger charge is -2.17. The first-order valence-electron chi connectivity index (χ1n) is 41.3. The molecule has 12 aromatic carbocycles. The standard InChI is InChI=1S/4C28H26N/c1-18-15-26(29(4)17-20(18)3)27-19(2)14-24(21-10-6-5-7-11-21)28-23-13-9-8-12-22(23)16-25(27)28;1-18-13-14-24-25(27(18)26-15-19(2)20(3)17-29(26)4)16-22-11-8-12-23(28(22)24)21-9-6-5-7-10-21;1-18-10-13-24-25-15-22(21-8-6-5-7-9-21)11-12-23(25)16-26(24)28(18)27-14-19(2)20(3)17-29(27)4;1-18-10-12-25-24-13-11-22(21-8-6-5-7-9-21)15-23(24)16-26(25)28(18)27-14-19(2)20(3)17-29(27)4/h4*5-15,17H,16H2,1-4H3/q4*+1. The lowest BCUT2D eigenvalue weighted by Crippen LogP contribution is -2.32. The Morgan fingerprint density at radius 1 is 0.172 bits per heavy atom. The van der Waals surface area contributed by atoms with Gasteiger partial charge in [0, 0.05) is 46.5 Å². The van der Waals surface area contributed by atoms with E-state index in [9.17, 15) is 0 Å². The first-order chi connectivity index (χ1) is 56.1. The zero-order valence-electron chi connectivity index (χ0n) is 70.3. The van der Waals surface area contributed by atoms with Crippen LogP contribution >= 0.6 is 0 Å². The molecule has 4 nitrogen and oxygen atoms in total. The molecule has 4 aliphatic carbocycles. The number of pyridine rings is 4. The lowest BCUT2D eigenvalue weighted by molar-refractivity contribution is -0.660. The number of aryl methyl sites for hydroxylation is 16. The van der Waals surface area contributed by atoms with Gasteiger partial charge in [0.2, 0.25) is 22.8 Å². The molecule has 0 saturated carbocycles. The van der Waals surface area contributed by atoms with E-state index in [1.807, 2.05) is 0 Å². The number of aromatic nitrogens is 4. The van der Waals surface area contributed by atoms with Crippen molar-refractivity contribution in [3.8, 4) is 134 Å². The first-order valence-corrected chi connectivity index (χ1v) is 41.3. The third kappa shape index (κ3) is 14.0. The second kappa shape index (κ2) is 31.2. The van der Waals surface area contributed by atoms with E-state index in [-0.39, 0.29) is 0 Å². The van der Waals surface area contributed by atoms with E-state index < -0.39 is 0 Å². The van der Waals surface area contributed by atoms with Crippen molar-refractivity contribution in [3.63, 3.8) is 0 Å². The smallest absolute Gasteiger partial charge is 0.201 e. The Bertz CT molecular complexity index is 6600. The highest BCUT2D eigenvalue weighted by molar-refractivity contribution is 5.97. The SMILES string of the molecule is Cc1cc(-c2c(C)cc(-c3ccccc3)c3c2Cc2ccccc2-3)[n+](C)cc1C.Cc1cc(-c2c(C)ccc3c2Cc2cc(-c4ccccc4)ccc2-3)[n+](C)cc1C.Cc1cc(-c2c(C)ccc3c2Cc2ccc(-c4ccccc4)cc2-3)[n+](C)cc1C.Cc1cc(-c2c(C)ccc3c2Cc2cccc(-c4ccccc4)c2-3)[n+](C)cc1C. The summed E-state index contributed by atoms with van der Waals surface area (Å²) in [4.78, 5) is 0. The third-order valence-electron chi connectivity index (χ3n) is 25.5. The molecule has 4 heteroatoms. The van der Waals surface area contributed by atoms with E-state index in [1.165, 1.54) is 245 Å². The average Bonchev–Trinajstić information content (AvgIpc) is 1.57. The largest absolute Gasteiger partial charge is 0.213 e. The van der Waals surface area contributed by atoms with Crippen molar-refractivity contribution in [3.05, 3.63) is 403 Å². The summed E-state index contributed by atoms with van der Waals surface area (Å²) in [6.07, 6.45) is 13.0. The Kier molecular flexibility index (Phi) is 20.4. The molecule has 0 fully saturated rings. The van der Waals surface area contributed by atoms with Crippen LogP contribution in [0.3, 0.4) is 0 Å². The zero-order valence-corrected chi connectivity index (χ0v) is 70.3. The maximum absolute atomic E-state index is 2.39. The van der Waals surface area contributed by atoms with Crippen LogP contribution in [0.2, 0.25) is 0 Å². The maximum Gasteiger partial charge on any atom is 0.213 e. The highest BCUT2D eigenvalue weighted by Crippen LogP contribution is 2.51. The van der Waals surface area contributed by atoms with Gasteiger partial charge in [0.25, 0.3) is 0 Å². The van der Waals surface area contributed by atoms with E-state index >= 15 is 0 Å². The Balaban J connectivity index is 0.000000111. The number of nitrogens with zero attached hydrogens (tertiary/aromatic N) is 4. The van der Waals surface area contributed by atoms with Crippen LogP contribution in [-0.2, 0) is 53.9 Å². The molecule has 0 atom stereocenters. The molecule has 0 unspecified atom stereocenters. The van der Waals surface area contributed by atoms with E-state index in [0.29, 0.717) is 0 Å². The lowest BCUT2D eigenvalue weighted by atomic mass is 9.87. The minimum absolute atomic E-state index is 0.995. The first kappa shape index (κ1) is 75.9. The number of hydrogen-bond acceptors (Lipinski definition) is 0. The molecule has 0 radical (unpaired) electrons. The van der Waals surface area contributed by atoms with Gasteiger partial charge in [-0.3, -0.25) is 0 Å². The van der Waals surface area contributed by atoms with Gasteiger partial charge in [0.1, 0.15) is 28.2 Å². The van der Waals surface area contributed by atoms with Gasteiger partial charge in [0.05, 0.1) is 22.3 Å². The number of fused-ring (bicyclic) bond motifs is 12. The molecular weight excluding hydrogens is 1400 g/mol. The van der Waals surface area contributed by atoms with E-state index in [2.05, 4.69) is 421 Å². The van der Waals surface area contributed by atoms with Crippen molar-refractivity contribution in [1.82, 2.24) is 0 Å². The summed E-state index contributed by atoms with van der Waals surface area (Å²) in [5.41, 5.74) is 59.9. The van der Waals surface area contributed by atoms with E-state index in [0.717, 1.165) is 25.7 Å². The zero-order chi connectivity index (χ0) is 80.5. The van der Waals surface area contributed by atoms with Crippen LogP contribution in [0.15, 0.2) is 292 Å². The molecule has 0 aliphatic heterocycles. The summed E-state index contributed by atoms with van der Waals surface area (Å²) in [7, 11) is 8.66. The van der Waals surface area contributed by atoms with Crippen LogP contribution in [0.25, 0.3) is 134 Å². The molecule has 0 spiro atoms. The Labute approximate surface area is 687 Å². The second-order valence-electron chi connectivity index (χ2n) is 33.3. The Hall–Kier alpha value is -12.8. The van der Waals surface area contributed by atoms with E-state index in [1.54, 1.807) is 0 Å². The molecule has 0 bridgehead atoms. The predicted molar refractivity (Wildman–Crippen MR) is 484 cm³/mol. The summed E-state index contributed by atoms with van der Waals surface area (Å²) in [5, 5.41) is 0. The van der Waals surface area contributed by atoms with E-state index in [4.69, 9.17) is 0 Å². The number of hydrogen-bond donors (Lipinski definition) is 0. The van der Waals surface area contributed by atoms with Crippen LogP contribution in [0.4, 0.5) is 0 Å². The molecule has 0 saturated heterocycles.